The number of hydrogen-bond acceptors (Lipinski definition) is 4. The number of thiocarbonyl (C=S) groups is 1. The van der Waals surface area contributed by atoms with Crippen molar-refractivity contribution in [2.24, 2.45) is 0 Å². The summed E-state index contributed by atoms with van der Waals surface area (Å²) in [7, 11) is 0. The number of rotatable bonds is 4. The van der Waals surface area contributed by atoms with E-state index in [-0.39, 0.29) is 32.2 Å². The summed E-state index contributed by atoms with van der Waals surface area (Å²) < 4.78 is 0. The number of nitrogens with zero attached hydrogens (tertiary/aromatic N) is 2. The molecule has 5 nitrogen and oxygen atoms in total. The molecule has 4 rings (SSSR count). The quantitative estimate of drug-likeness (QED) is 0.253. The van der Waals surface area contributed by atoms with Crippen LogP contribution in [0.1, 0.15) is 57.6 Å². The average Bonchev–Trinajstić information content (AvgIpc) is 2.77. The average molecular weight is 551 g/mol. The van der Waals surface area contributed by atoms with Crippen LogP contribution in [0.5, 0.6) is 0 Å². The number of carbonyl (C=O) groups excluding carboxylic acids is 2. The van der Waals surface area contributed by atoms with Crippen molar-refractivity contribution < 1.29 is 9.59 Å². The van der Waals surface area contributed by atoms with E-state index in [1.165, 1.54) is 11.0 Å². The van der Waals surface area contributed by atoms with Gasteiger partial charge >= 0.3 is 0 Å². The molecule has 0 aliphatic carbocycles. The Bertz CT molecular complexity index is 1270. The minimum atomic E-state index is -0.599. The molecule has 0 radical (unpaired) electrons. The van der Waals surface area contributed by atoms with Crippen molar-refractivity contribution in [3.63, 3.8) is 0 Å². The van der Waals surface area contributed by atoms with Gasteiger partial charge in [-0.05, 0) is 86.3 Å². The highest BCUT2D eigenvalue weighted by Gasteiger charge is 2.38. The smallest absolute Gasteiger partial charge is 0.270 e. The lowest BCUT2D eigenvalue weighted by Gasteiger charge is -2.47. The lowest BCUT2D eigenvalue weighted by atomic mass is 9.79. The molecule has 0 bridgehead atoms. The van der Waals surface area contributed by atoms with Crippen molar-refractivity contribution >= 4 is 81.4 Å². The number of carbonyl (C=O) groups is 2. The number of amides is 2. The molecular weight excluding hydrogens is 525 g/mol. The Hall–Kier alpha value is -2.12. The van der Waals surface area contributed by atoms with Crippen molar-refractivity contribution in [2.75, 3.05) is 16.3 Å². The maximum Gasteiger partial charge on any atom is 0.270 e. The van der Waals surface area contributed by atoms with Crippen LogP contribution in [0, 0.1) is 0 Å². The second kappa shape index (κ2) is 9.74. The fraction of sp³-hybridized carbons (Fsp3) is 0.346. The van der Waals surface area contributed by atoms with Crippen LogP contribution in [0.2, 0.25) is 15.1 Å². The van der Waals surface area contributed by atoms with Gasteiger partial charge in [-0.1, -0.05) is 54.7 Å². The molecule has 35 heavy (non-hydrogen) atoms. The van der Waals surface area contributed by atoms with Crippen LogP contribution in [0.4, 0.5) is 11.4 Å². The molecular formula is C26H26Cl3N3O2S. The van der Waals surface area contributed by atoms with Crippen molar-refractivity contribution in [3.8, 4) is 0 Å². The third-order valence-electron chi connectivity index (χ3n) is 6.52. The van der Waals surface area contributed by atoms with Crippen LogP contribution in [0.15, 0.2) is 35.9 Å². The van der Waals surface area contributed by atoms with E-state index in [2.05, 4.69) is 37.9 Å². The van der Waals surface area contributed by atoms with Gasteiger partial charge in [-0.15, -0.1) is 0 Å². The third-order valence-corrected chi connectivity index (χ3v) is 7.95. The Morgan fingerprint density at radius 2 is 1.86 bits per heavy atom. The fourth-order valence-electron chi connectivity index (χ4n) is 4.98. The summed E-state index contributed by atoms with van der Waals surface area (Å²) >= 11 is 24.5. The normalized spacial score (nSPS) is 20.8. The second-order valence-corrected chi connectivity index (χ2v) is 11.1. The lowest BCUT2D eigenvalue weighted by molar-refractivity contribution is -0.122. The first-order valence-corrected chi connectivity index (χ1v) is 13.0. The van der Waals surface area contributed by atoms with Crippen LogP contribution < -0.4 is 15.1 Å². The van der Waals surface area contributed by atoms with Crippen molar-refractivity contribution in [3.05, 3.63) is 62.1 Å². The second-order valence-electron chi connectivity index (χ2n) is 9.53. The van der Waals surface area contributed by atoms with Gasteiger partial charge in [0.2, 0.25) is 0 Å². The summed E-state index contributed by atoms with van der Waals surface area (Å²) in [6.07, 6.45) is 3.51. The van der Waals surface area contributed by atoms with E-state index in [9.17, 15) is 9.59 Å². The van der Waals surface area contributed by atoms with Gasteiger partial charge in [-0.3, -0.25) is 19.8 Å². The summed E-state index contributed by atoms with van der Waals surface area (Å²) in [5.74, 6) is -0.906. The first-order valence-electron chi connectivity index (χ1n) is 11.4. The summed E-state index contributed by atoms with van der Waals surface area (Å²) in [4.78, 5) is 29.8. The van der Waals surface area contributed by atoms with E-state index in [4.69, 9.17) is 47.0 Å². The predicted octanol–water partition coefficient (Wildman–Crippen LogP) is 6.98. The van der Waals surface area contributed by atoms with Crippen molar-refractivity contribution in [1.82, 2.24) is 5.32 Å². The minimum absolute atomic E-state index is 0.00260. The number of benzene rings is 2. The van der Waals surface area contributed by atoms with Crippen LogP contribution in [0.25, 0.3) is 6.08 Å². The molecule has 0 spiro atoms. The molecule has 1 atom stereocenters. The molecule has 2 aliphatic rings. The Morgan fingerprint density at radius 3 is 2.54 bits per heavy atom. The van der Waals surface area contributed by atoms with Gasteiger partial charge in [-0.2, -0.15) is 0 Å². The van der Waals surface area contributed by atoms with E-state index < -0.39 is 11.8 Å². The van der Waals surface area contributed by atoms with Gasteiger partial charge in [0.15, 0.2) is 5.11 Å². The Balaban J connectivity index is 1.79. The topological polar surface area (TPSA) is 52.7 Å². The predicted molar refractivity (Wildman–Crippen MR) is 149 cm³/mol. The van der Waals surface area contributed by atoms with Gasteiger partial charge in [-0.25, -0.2) is 0 Å². The van der Waals surface area contributed by atoms with E-state index in [0.29, 0.717) is 16.3 Å². The largest absolute Gasteiger partial charge is 0.366 e. The first-order chi connectivity index (χ1) is 16.5. The molecule has 2 aromatic carbocycles. The highest BCUT2D eigenvalue weighted by molar-refractivity contribution is 7.80. The van der Waals surface area contributed by atoms with Crippen LogP contribution in [-0.4, -0.2) is 29.0 Å². The molecule has 184 valence electrons. The Kier molecular flexibility index (Phi) is 7.22. The minimum Gasteiger partial charge on any atom is -0.366 e. The molecule has 1 N–H and O–H groups in total. The number of halogens is 3. The summed E-state index contributed by atoms with van der Waals surface area (Å²) in [6, 6.07) is 8.81. The Labute approximate surface area is 226 Å². The van der Waals surface area contributed by atoms with Gasteiger partial charge in [0, 0.05) is 22.8 Å². The van der Waals surface area contributed by atoms with E-state index in [0.717, 1.165) is 30.6 Å². The molecule has 2 aliphatic heterocycles. The molecule has 1 unspecified atom stereocenters. The molecule has 2 amide bonds. The zero-order valence-corrected chi connectivity index (χ0v) is 23.0. The maximum atomic E-state index is 13.5. The van der Waals surface area contributed by atoms with Crippen molar-refractivity contribution in [1.29, 1.82) is 0 Å². The molecule has 2 aromatic rings. The molecule has 0 aromatic heterocycles. The van der Waals surface area contributed by atoms with Gasteiger partial charge in [0.05, 0.1) is 15.7 Å². The molecule has 1 fully saturated rings. The van der Waals surface area contributed by atoms with E-state index in [1.54, 1.807) is 18.2 Å². The molecule has 1 saturated heterocycles. The van der Waals surface area contributed by atoms with E-state index in [1.807, 2.05) is 12.1 Å². The molecule has 9 heteroatoms. The Morgan fingerprint density at radius 1 is 1.14 bits per heavy atom. The third kappa shape index (κ3) is 4.69. The highest BCUT2D eigenvalue weighted by atomic mass is 35.5. The highest BCUT2D eigenvalue weighted by Crippen LogP contribution is 2.45. The molecule has 0 saturated carbocycles. The van der Waals surface area contributed by atoms with Gasteiger partial charge < -0.3 is 4.90 Å². The van der Waals surface area contributed by atoms with E-state index >= 15 is 0 Å². The fourth-order valence-corrected chi connectivity index (χ4v) is 5.84. The SMILES string of the molecule is CCCN1c2cc(Cl)c(/C=C3/C(=O)NC(=S)N(c4cccc(Cl)c4Cl)C3=O)cc2C(C)CC1(C)C. The number of nitrogens with one attached hydrogen (secondary N) is 1. The number of fused-ring (bicyclic) bond motifs is 1. The van der Waals surface area contributed by atoms with Crippen LogP contribution >= 0.6 is 47.0 Å². The summed E-state index contributed by atoms with van der Waals surface area (Å²) in [5.41, 5.74) is 3.03. The molecule has 2 heterocycles. The van der Waals surface area contributed by atoms with Crippen LogP contribution in [-0.2, 0) is 9.59 Å². The van der Waals surface area contributed by atoms with Crippen LogP contribution in [0.3, 0.4) is 0 Å². The summed E-state index contributed by atoms with van der Waals surface area (Å²) in [5, 5.41) is 3.41. The van der Waals surface area contributed by atoms with Gasteiger partial charge in [0.25, 0.3) is 11.8 Å². The first kappa shape index (κ1) is 26.0. The standard InChI is InChI=1S/C26H26Cl3N3O2S/c1-5-9-31-21-12-19(28)15(10-16(21)14(2)13-26(31,3)4)11-17-23(33)30-25(35)32(24(17)34)20-8-6-7-18(27)22(20)29/h6-8,10-12,14H,5,9,13H2,1-4H3,(H,30,33,35)/b17-11-. The zero-order chi connectivity index (χ0) is 25.7. The van der Waals surface area contributed by atoms with Crippen molar-refractivity contribution in [2.45, 2.75) is 52.0 Å². The monoisotopic (exact) mass is 549 g/mol. The zero-order valence-electron chi connectivity index (χ0n) is 19.9. The maximum absolute atomic E-state index is 13.5. The number of hydrogen-bond donors (Lipinski definition) is 1. The number of anilines is 2. The summed E-state index contributed by atoms with van der Waals surface area (Å²) in [6.45, 7) is 9.75. The van der Waals surface area contributed by atoms with Gasteiger partial charge in [0.1, 0.15) is 5.57 Å². The lowest BCUT2D eigenvalue weighted by Crippen LogP contribution is -2.54.